The Labute approximate surface area is 289 Å². The van der Waals surface area contributed by atoms with E-state index in [-0.39, 0.29) is 19.4 Å². The van der Waals surface area contributed by atoms with Gasteiger partial charge < -0.3 is 31.6 Å². The number of ether oxygens (including phenoxy) is 2. The Kier molecular flexibility index (Phi) is 13.8. The standard InChI is InChI=1S/C33H62O9Si5/c1-17-36-32(35)33(42-47(14,15)16)23-28(31(41-46(11,12)13)29(24-33)40-45(8,9)10)37-30(34)21-19-25-18-20-26(38-43(2,3)4)27(22-25)39-44(5,6)7/h18-22,28-29,31H,17,23-24H2,1-16H3/b21-19+/t28-,29-,31-,33-/m1/s1. The second kappa shape index (κ2) is 15.6. The summed E-state index contributed by atoms with van der Waals surface area (Å²) in [5, 5.41) is 0. The molecule has 9 nitrogen and oxygen atoms in total. The summed E-state index contributed by atoms with van der Waals surface area (Å²) in [7, 11) is -10.4. The van der Waals surface area contributed by atoms with Crippen LogP contribution in [-0.2, 0) is 32.3 Å². The number of hydrogen-bond donors (Lipinski definition) is 0. The largest absolute Gasteiger partial charge is 0.542 e. The highest BCUT2D eigenvalue weighted by molar-refractivity contribution is 6.71. The maximum atomic E-state index is 13.7. The van der Waals surface area contributed by atoms with Crippen LogP contribution in [0, 0.1) is 0 Å². The molecule has 1 aromatic carbocycles. The monoisotopic (exact) mass is 742 g/mol. The van der Waals surface area contributed by atoms with Crippen LogP contribution >= 0.6 is 0 Å². The zero-order valence-corrected chi connectivity index (χ0v) is 36.9. The normalized spacial score (nSPS) is 23.0. The van der Waals surface area contributed by atoms with Crippen molar-refractivity contribution in [2.24, 2.45) is 0 Å². The second-order valence-electron chi connectivity index (χ2n) is 17.2. The van der Waals surface area contributed by atoms with Gasteiger partial charge in [0, 0.05) is 18.9 Å². The summed E-state index contributed by atoms with van der Waals surface area (Å²) in [5.74, 6) is 0.386. The molecule has 0 bridgehead atoms. The first kappa shape index (κ1) is 41.6. The smallest absolute Gasteiger partial charge is 0.337 e. The number of rotatable bonds is 15. The number of carbonyl (C=O) groups excluding carboxylic acids is 2. The summed E-state index contributed by atoms with van der Waals surface area (Å²) in [6.45, 7) is 33.4. The molecule has 0 amide bonds. The first-order valence-electron chi connectivity index (χ1n) is 16.7. The molecule has 1 aliphatic rings. The number of esters is 2. The van der Waals surface area contributed by atoms with Gasteiger partial charge in [0.2, 0.25) is 16.6 Å². The van der Waals surface area contributed by atoms with Crippen molar-refractivity contribution in [1.82, 2.24) is 0 Å². The third kappa shape index (κ3) is 14.9. The molecule has 4 atom stereocenters. The van der Waals surface area contributed by atoms with Crippen LogP contribution in [0.15, 0.2) is 24.3 Å². The fourth-order valence-electron chi connectivity index (χ4n) is 5.38. The van der Waals surface area contributed by atoms with Crippen LogP contribution in [0.5, 0.6) is 11.5 Å². The van der Waals surface area contributed by atoms with Crippen molar-refractivity contribution in [2.45, 2.75) is 142 Å². The van der Waals surface area contributed by atoms with Gasteiger partial charge in [-0.25, -0.2) is 9.59 Å². The van der Waals surface area contributed by atoms with E-state index in [1.807, 2.05) is 37.8 Å². The summed E-state index contributed by atoms with van der Waals surface area (Å²) >= 11 is 0. The Bertz CT molecular complexity index is 1250. The lowest BCUT2D eigenvalue weighted by atomic mass is 9.79. The Balaban J connectivity index is 2.54. The molecule has 14 heteroatoms. The molecule has 0 aliphatic heterocycles. The molecular formula is C33H62O9Si5. The fourth-order valence-corrected chi connectivity index (χ4v) is 10.7. The number of carbonyl (C=O) groups is 2. The van der Waals surface area contributed by atoms with Crippen molar-refractivity contribution in [1.29, 1.82) is 0 Å². The van der Waals surface area contributed by atoms with Gasteiger partial charge in [0.15, 0.2) is 30.6 Å². The molecular weight excluding hydrogens is 681 g/mol. The molecule has 2 rings (SSSR count). The van der Waals surface area contributed by atoms with Crippen molar-refractivity contribution in [3.05, 3.63) is 29.8 Å². The Morgan fingerprint density at radius 2 is 1.26 bits per heavy atom. The maximum absolute atomic E-state index is 13.7. The first-order valence-corrected chi connectivity index (χ1v) is 33.8. The quantitative estimate of drug-likeness (QED) is 0.0997. The SMILES string of the molecule is CCOC(=O)[C@@]1(O[Si](C)(C)C)C[C@@H](OC(=O)/C=C/c2ccc(O[Si](C)(C)C)c(O[Si](C)(C)C)c2)[C@@H](O[Si](C)(C)C)[C@H](O[Si](C)(C)C)C1. The van der Waals surface area contributed by atoms with Crippen LogP contribution in [-0.4, -0.2) is 84.0 Å². The van der Waals surface area contributed by atoms with Crippen molar-refractivity contribution in [3.63, 3.8) is 0 Å². The minimum atomic E-state index is -2.29. The van der Waals surface area contributed by atoms with Gasteiger partial charge in [0.05, 0.1) is 12.7 Å². The minimum absolute atomic E-state index is 0.118. The van der Waals surface area contributed by atoms with Gasteiger partial charge in [-0.2, -0.15) is 0 Å². The van der Waals surface area contributed by atoms with Gasteiger partial charge in [-0.05, 0) is 129 Å². The van der Waals surface area contributed by atoms with Crippen molar-refractivity contribution in [2.75, 3.05) is 6.61 Å². The van der Waals surface area contributed by atoms with E-state index in [4.69, 9.17) is 31.6 Å². The average molecular weight is 743 g/mol. The van der Waals surface area contributed by atoms with E-state index in [0.717, 1.165) is 5.56 Å². The first-order chi connectivity index (χ1) is 21.1. The van der Waals surface area contributed by atoms with Crippen LogP contribution < -0.4 is 8.85 Å². The molecule has 47 heavy (non-hydrogen) atoms. The van der Waals surface area contributed by atoms with Crippen LogP contribution in [0.25, 0.3) is 6.08 Å². The van der Waals surface area contributed by atoms with E-state index in [1.165, 1.54) is 6.08 Å². The van der Waals surface area contributed by atoms with Crippen LogP contribution in [0.3, 0.4) is 0 Å². The zero-order valence-electron chi connectivity index (χ0n) is 31.9. The lowest BCUT2D eigenvalue weighted by molar-refractivity contribution is -0.192. The second-order valence-corrected chi connectivity index (χ2v) is 39.5. The highest BCUT2D eigenvalue weighted by Gasteiger charge is 2.57. The Morgan fingerprint density at radius 3 is 1.74 bits per heavy atom. The lowest BCUT2D eigenvalue weighted by Gasteiger charge is -2.50. The predicted molar refractivity (Wildman–Crippen MR) is 203 cm³/mol. The molecule has 0 aromatic heterocycles. The number of hydrogen-bond acceptors (Lipinski definition) is 9. The van der Waals surface area contributed by atoms with Crippen LogP contribution in [0.1, 0.15) is 25.3 Å². The highest BCUT2D eigenvalue weighted by atomic mass is 28.4. The molecule has 0 N–H and O–H groups in total. The number of benzene rings is 1. The van der Waals surface area contributed by atoms with E-state index in [2.05, 4.69) is 78.6 Å². The van der Waals surface area contributed by atoms with E-state index in [1.54, 1.807) is 13.0 Å². The topological polar surface area (TPSA) is 98.8 Å². The summed E-state index contributed by atoms with van der Waals surface area (Å²) in [4.78, 5) is 27.3. The van der Waals surface area contributed by atoms with Gasteiger partial charge in [0.1, 0.15) is 23.7 Å². The third-order valence-corrected chi connectivity index (χ3v) is 11.1. The fraction of sp³-hybridized carbons (Fsp3) is 0.697. The third-order valence-electron chi connectivity index (χ3n) is 6.42. The van der Waals surface area contributed by atoms with Gasteiger partial charge in [0.25, 0.3) is 0 Å². The van der Waals surface area contributed by atoms with Crippen LogP contribution in [0.4, 0.5) is 0 Å². The summed E-state index contributed by atoms with van der Waals surface area (Å²) in [6, 6.07) is 5.71. The average Bonchev–Trinajstić information content (AvgIpc) is 2.82. The molecule has 0 heterocycles. The van der Waals surface area contributed by atoms with E-state index >= 15 is 0 Å². The molecule has 1 aliphatic carbocycles. The molecule has 0 spiro atoms. The van der Waals surface area contributed by atoms with Gasteiger partial charge in [-0.3, -0.25) is 0 Å². The minimum Gasteiger partial charge on any atom is -0.542 e. The summed E-state index contributed by atoms with van der Waals surface area (Å²) < 4.78 is 44.6. The summed E-state index contributed by atoms with van der Waals surface area (Å²) in [6.07, 6.45) is 1.62. The van der Waals surface area contributed by atoms with Gasteiger partial charge in [-0.15, -0.1) is 0 Å². The molecule has 1 saturated carbocycles. The van der Waals surface area contributed by atoms with E-state index in [9.17, 15) is 9.59 Å². The van der Waals surface area contributed by atoms with E-state index < -0.39 is 77.4 Å². The van der Waals surface area contributed by atoms with Gasteiger partial charge in [-0.1, -0.05) is 6.07 Å². The Hall–Kier alpha value is -1.54. The van der Waals surface area contributed by atoms with E-state index in [0.29, 0.717) is 11.5 Å². The molecule has 1 fully saturated rings. The molecule has 0 saturated heterocycles. The zero-order chi connectivity index (χ0) is 36.2. The van der Waals surface area contributed by atoms with Crippen LogP contribution in [0.2, 0.25) is 98.2 Å². The lowest BCUT2D eigenvalue weighted by Crippen LogP contribution is -2.64. The predicted octanol–water partition coefficient (Wildman–Crippen LogP) is 8.43. The highest BCUT2D eigenvalue weighted by Crippen LogP contribution is 2.41. The molecule has 1 aromatic rings. The molecule has 268 valence electrons. The molecule has 0 unspecified atom stereocenters. The van der Waals surface area contributed by atoms with Gasteiger partial charge >= 0.3 is 11.9 Å². The van der Waals surface area contributed by atoms with Crippen molar-refractivity contribution in [3.8, 4) is 11.5 Å². The van der Waals surface area contributed by atoms with Crippen molar-refractivity contribution >= 4 is 59.6 Å². The maximum Gasteiger partial charge on any atom is 0.337 e. The summed E-state index contributed by atoms with van der Waals surface area (Å²) in [5.41, 5.74) is -0.548. The Morgan fingerprint density at radius 1 is 0.723 bits per heavy atom. The molecule has 0 radical (unpaired) electrons. The van der Waals surface area contributed by atoms with Crippen molar-refractivity contribution < 1.29 is 41.2 Å².